The Morgan fingerprint density at radius 1 is 1.11 bits per heavy atom. The Morgan fingerprint density at radius 2 is 1.79 bits per heavy atom. The summed E-state index contributed by atoms with van der Waals surface area (Å²) in [5.74, 6) is 0. The molecule has 0 amide bonds. The highest BCUT2D eigenvalue weighted by Crippen LogP contribution is 2.31. The number of para-hydroxylation sites is 1. The summed E-state index contributed by atoms with van der Waals surface area (Å²) in [4.78, 5) is 12.8. The standard InChI is InChI=1S/C15H16N2O2/c1-12-7-6-10-14(15(12)17(18)19)16(2)11-13-8-4-3-5-9-13/h3-10H,11H2,1-2H3. The molecule has 0 bridgehead atoms. The van der Waals surface area contributed by atoms with E-state index in [1.165, 1.54) is 0 Å². The molecule has 0 saturated heterocycles. The summed E-state index contributed by atoms with van der Waals surface area (Å²) in [6.07, 6.45) is 0. The van der Waals surface area contributed by atoms with Crippen LogP contribution in [0.3, 0.4) is 0 Å². The van der Waals surface area contributed by atoms with Crippen LogP contribution in [0, 0.1) is 17.0 Å². The number of hydrogen-bond donors (Lipinski definition) is 0. The molecule has 0 aliphatic carbocycles. The summed E-state index contributed by atoms with van der Waals surface area (Å²) in [6.45, 7) is 2.41. The van der Waals surface area contributed by atoms with E-state index >= 15 is 0 Å². The molecule has 0 N–H and O–H groups in total. The monoisotopic (exact) mass is 256 g/mol. The van der Waals surface area contributed by atoms with Crippen LogP contribution >= 0.6 is 0 Å². The van der Waals surface area contributed by atoms with Crippen LogP contribution in [0.2, 0.25) is 0 Å². The van der Waals surface area contributed by atoms with E-state index in [-0.39, 0.29) is 10.6 Å². The number of anilines is 1. The third kappa shape index (κ3) is 2.91. The summed E-state index contributed by atoms with van der Waals surface area (Å²) < 4.78 is 0. The maximum Gasteiger partial charge on any atom is 0.295 e. The number of nitro groups is 1. The van der Waals surface area contributed by atoms with Crippen molar-refractivity contribution in [2.75, 3.05) is 11.9 Å². The summed E-state index contributed by atoms with van der Waals surface area (Å²) >= 11 is 0. The zero-order valence-corrected chi connectivity index (χ0v) is 11.0. The molecular weight excluding hydrogens is 240 g/mol. The van der Waals surface area contributed by atoms with Crippen molar-refractivity contribution in [3.05, 3.63) is 69.8 Å². The molecule has 2 rings (SSSR count). The van der Waals surface area contributed by atoms with Gasteiger partial charge in [-0.15, -0.1) is 0 Å². The van der Waals surface area contributed by atoms with Gasteiger partial charge >= 0.3 is 0 Å². The molecule has 4 heteroatoms. The number of nitrogens with zero attached hydrogens (tertiary/aromatic N) is 2. The molecule has 4 nitrogen and oxygen atoms in total. The molecule has 0 spiro atoms. The second kappa shape index (κ2) is 5.52. The average molecular weight is 256 g/mol. The minimum atomic E-state index is -0.313. The molecule has 0 fully saturated rings. The Morgan fingerprint density at radius 3 is 2.42 bits per heavy atom. The van der Waals surface area contributed by atoms with Crippen molar-refractivity contribution >= 4 is 11.4 Å². The van der Waals surface area contributed by atoms with E-state index in [9.17, 15) is 10.1 Å². The Hall–Kier alpha value is -2.36. The van der Waals surface area contributed by atoms with Gasteiger partial charge in [0.1, 0.15) is 5.69 Å². The van der Waals surface area contributed by atoms with Gasteiger partial charge in [0.15, 0.2) is 0 Å². The van der Waals surface area contributed by atoms with Crippen molar-refractivity contribution in [2.24, 2.45) is 0 Å². The Balaban J connectivity index is 2.31. The van der Waals surface area contributed by atoms with Crippen LogP contribution in [0.1, 0.15) is 11.1 Å². The molecule has 19 heavy (non-hydrogen) atoms. The van der Waals surface area contributed by atoms with E-state index in [1.807, 2.05) is 48.3 Å². The fourth-order valence-corrected chi connectivity index (χ4v) is 2.13. The molecule has 0 saturated carbocycles. The summed E-state index contributed by atoms with van der Waals surface area (Å²) in [5, 5.41) is 11.2. The van der Waals surface area contributed by atoms with Gasteiger partial charge in [0.25, 0.3) is 5.69 Å². The lowest BCUT2D eigenvalue weighted by molar-refractivity contribution is -0.384. The minimum Gasteiger partial charge on any atom is -0.365 e. The van der Waals surface area contributed by atoms with Gasteiger partial charge in [-0.2, -0.15) is 0 Å². The Bertz CT molecular complexity index is 582. The molecular formula is C15H16N2O2. The highest BCUT2D eigenvalue weighted by atomic mass is 16.6. The predicted molar refractivity (Wildman–Crippen MR) is 76.4 cm³/mol. The third-order valence-corrected chi connectivity index (χ3v) is 3.07. The number of benzene rings is 2. The fraction of sp³-hybridized carbons (Fsp3) is 0.200. The van der Waals surface area contributed by atoms with Crippen LogP contribution in [0.15, 0.2) is 48.5 Å². The third-order valence-electron chi connectivity index (χ3n) is 3.07. The van der Waals surface area contributed by atoms with Crippen molar-refractivity contribution < 1.29 is 4.92 Å². The van der Waals surface area contributed by atoms with E-state index in [1.54, 1.807) is 19.1 Å². The van der Waals surface area contributed by atoms with Gasteiger partial charge in [-0.3, -0.25) is 10.1 Å². The number of rotatable bonds is 4. The van der Waals surface area contributed by atoms with Gasteiger partial charge in [0.05, 0.1) is 4.92 Å². The maximum absolute atomic E-state index is 11.2. The lowest BCUT2D eigenvalue weighted by Gasteiger charge is -2.19. The highest BCUT2D eigenvalue weighted by molar-refractivity contribution is 5.66. The van der Waals surface area contributed by atoms with E-state index < -0.39 is 0 Å². The van der Waals surface area contributed by atoms with Crippen LogP contribution in [0.25, 0.3) is 0 Å². The zero-order valence-electron chi connectivity index (χ0n) is 11.0. The first-order valence-electron chi connectivity index (χ1n) is 6.08. The molecule has 0 aliphatic heterocycles. The molecule has 2 aromatic rings. The maximum atomic E-state index is 11.2. The summed E-state index contributed by atoms with van der Waals surface area (Å²) in [6, 6.07) is 15.3. The molecule has 0 aromatic heterocycles. The first-order valence-corrected chi connectivity index (χ1v) is 6.08. The molecule has 0 atom stereocenters. The van der Waals surface area contributed by atoms with Crippen molar-refractivity contribution in [3.63, 3.8) is 0 Å². The van der Waals surface area contributed by atoms with Gasteiger partial charge in [-0.05, 0) is 18.6 Å². The van der Waals surface area contributed by atoms with Crippen molar-refractivity contribution in [2.45, 2.75) is 13.5 Å². The van der Waals surface area contributed by atoms with Crippen molar-refractivity contribution in [1.29, 1.82) is 0 Å². The molecule has 0 radical (unpaired) electrons. The molecule has 2 aromatic carbocycles. The zero-order chi connectivity index (χ0) is 13.8. The summed E-state index contributed by atoms with van der Waals surface area (Å²) in [7, 11) is 1.87. The fourth-order valence-electron chi connectivity index (χ4n) is 2.13. The smallest absolute Gasteiger partial charge is 0.295 e. The first-order chi connectivity index (χ1) is 9.09. The first kappa shape index (κ1) is 13.1. The Kier molecular flexibility index (Phi) is 3.80. The van der Waals surface area contributed by atoms with Gasteiger partial charge in [0.2, 0.25) is 0 Å². The Labute approximate surface area is 112 Å². The lowest BCUT2D eigenvalue weighted by atomic mass is 10.1. The van der Waals surface area contributed by atoms with Gasteiger partial charge < -0.3 is 4.90 Å². The van der Waals surface area contributed by atoms with Crippen molar-refractivity contribution in [1.82, 2.24) is 0 Å². The van der Waals surface area contributed by atoms with Gasteiger partial charge in [-0.1, -0.05) is 42.5 Å². The van der Waals surface area contributed by atoms with Crippen LogP contribution in [-0.2, 0) is 6.54 Å². The second-order valence-electron chi connectivity index (χ2n) is 4.54. The minimum absolute atomic E-state index is 0.181. The number of nitro benzene ring substituents is 1. The molecule has 0 heterocycles. The van der Waals surface area contributed by atoms with E-state index in [0.29, 0.717) is 17.8 Å². The van der Waals surface area contributed by atoms with E-state index in [2.05, 4.69) is 0 Å². The van der Waals surface area contributed by atoms with Crippen LogP contribution in [0.5, 0.6) is 0 Å². The molecule has 98 valence electrons. The number of aryl methyl sites for hydroxylation is 1. The van der Waals surface area contributed by atoms with E-state index in [4.69, 9.17) is 0 Å². The highest BCUT2D eigenvalue weighted by Gasteiger charge is 2.19. The molecule has 0 aliphatic rings. The lowest BCUT2D eigenvalue weighted by Crippen LogP contribution is -2.18. The SMILES string of the molecule is Cc1cccc(N(C)Cc2ccccc2)c1[N+](=O)[O-]. The van der Waals surface area contributed by atoms with Crippen LogP contribution < -0.4 is 4.90 Å². The largest absolute Gasteiger partial charge is 0.365 e. The van der Waals surface area contributed by atoms with Gasteiger partial charge in [-0.25, -0.2) is 0 Å². The van der Waals surface area contributed by atoms with Crippen LogP contribution in [0.4, 0.5) is 11.4 Å². The van der Waals surface area contributed by atoms with E-state index in [0.717, 1.165) is 5.56 Å². The molecule has 0 unspecified atom stereocenters. The normalized spacial score (nSPS) is 10.2. The van der Waals surface area contributed by atoms with Crippen molar-refractivity contribution in [3.8, 4) is 0 Å². The topological polar surface area (TPSA) is 46.4 Å². The van der Waals surface area contributed by atoms with Gasteiger partial charge in [0, 0.05) is 19.2 Å². The quantitative estimate of drug-likeness (QED) is 0.621. The number of hydrogen-bond acceptors (Lipinski definition) is 3. The average Bonchev–Trinajstić information content (AvgIpc) is 2.39. The predicted octanol–water partition coefficient (Wildman–Crippen LogP) is 3.54. The summed E-state index contributed by atoms with van der Waals surface area (Å²) in [5.41, 5.74) is 2.64. The second-order valence-corrected chi connectivity index (χ2v) is 4.54. The van der Waals surface area contributed by atoms with Crippen LogP contribution in [-0.4, -0.2) is 12.0 Å².